The van der Waals surface area contributed by atoms with Crippen molar-refractivity contribution in [3.8, 4) is 0 Å². The fraction of sp³-hybridized carbons (Fsp3) is 1.00. The second-order valence-electron chi connectivity index (χ2n) is 7.48. The molecule has 2 bridgehead atoms. The lowest BCUT2D eigenvalue weighted by molar-refractivity contribution is 0.146. The number of epoxide rings is 1. The van der Waals surface area contributed by atoms with E-state index in [-0.39, 0.29) is 0 Å². The average molecular weight is 222 g/mol. The SMILES string of the molecule is C[Si](C)(C)C1CC2CC1C1CC3OC3C21. The molecule has 7 atom stereocenters. The van der Waals surface area contributed by atoms with Crippen molar-refractivity contribution in [3.05, 3.63) is 0 Å². The molecule has 1 nitrogen and oxygen atoms in total. The zero-order valence-electron chi connectivity index (χ0n) is 10.1. The average Bonchev–Trinajstić information content (AvgIpc) is 2.61. The van der Waals surface area contributed by atoms with Crippen LogP contribution in [-0.4, -0.2) is 20.3 Å². The standard InChI is InChI=1S/C13H22OSi/c1-15(2,3)11-5-7-4-8(11)9-6-10-13(14-10)12(7)9/h7-13H,4-6H2,1-3H3. The summed E-state index contributed by atoms with van der Waals surface area (Å²) in [5.41, 5.74) is 1.14. The fourth-order valence-corrected chi connectivity index (χ4v) is 8.00. The van der Waals surface area contributed by atoms with Gasteiger partial charge in [-0.25, -0.2) is 0 Å². The van der Waals surface area contributed by atoms with Gasteiger partial charge in [0.25, 0.3) is 0 Å². The first-order valence-electron chi connectivity index (χ1n) is 6.71. The third kappa shape index (κ3) is 1.08. The van der Waals surface area contributed by atoms with Crippen LogP contribution in [0.25, 0.3) is 0 Å². The van der Waals surface area contributed by atoms with Crippen molar-refractivity contribution < 1.29 is 4.74 Å². The van der Waals surface area contributed by atoms with Crippen LogP contribution in [0.4, 0.5) is 0 Å². The van der Waals surface area contributed by atoms with E-state index in [4.69, 9.17) is 4.74 Å². The molecule has 0 spiro atoms. The third-order valence-electron chi connectivity index (χ3n) is 5.86. The van der Waals surface area contributed by atoms with Crippen LogP contribution in [0.3, 0.4) is 0 Å². The van der Waals surface area contributed by atoms with Crippen LogP contribution in [0.5, 0.6) is 0 Å². The summed E-state index contributed by atoms with van der Waals surface area (Å²) in [5, 5.41) is 0. The molecule has 1 saturated heterocycles. The molecule has 3 aliphatic carbocycles. The van der Waals surface area contributed by atoms with Gasteiger partial charge in [0.2, 0.25) is 0 Å². The van der Waals surface area contributed by atoms with E-state index >= 15 is 0 Å². The second-order valence-corrected chi connectivity index (χ2v) is 13.0. The molecule has 4 fully saturated rings. The number of rotatable bonds is 1. The molecule has 0 amide bonds. The lowest BCUT2D eigenvalue weighted by Gasteiger charge is -2.39. The summed E-state index contributed by atoms with van der Waals surface area (Å²) in [4.78, 5) is 0. The summed E-state index contributed by atoms with van der Waals surface area (Å²) in [6, 6.07) is 0. The normalized spacial score (nSPS) is 60.6. The van der Waals surface area contributed by atoms with Gasteiger partial charge in [0, 0.05) is 8.07 Å². The highest BCUT2D eigenvalue weighted by atomic mass is 28.3. The van der Waals surface area contributed by atoms with E-state index in [0.29, 0.717) is 6.10 Å². The highest BCUT2D eigenvalue weighted by Gasteiger charge is 2.67. The molecule has 0 N–H and O–H groups in total. The number of fused-ring (bicyclic) bond motifs is 7. The Kier molecular flexibility index (Phi) is 1.56. The van der Waals surface area contributed by atoms with E-state index in [1.807, 2.05) is 0 Å². The molecule has 0 aromatic carbocycles. The largest absolute Gasteiger partial charge is 0.369 e. The van der Waals surface area contributed by atoms with Crippen LogP contribution >= 0.6 is 0 Å². The number of hydrogen-bond acceptors (Lipinski definition) is 1. The van der Waals surface area contributed by atoms with Crippen LogP contribution in [-0.2, 0) is 4.74 Å². The minimum absolute atomic E-state index is 0.714. The van der Waals surface area contributed by atoms with Gasteiger partial charge in [-0.1, -0.05) is 19.6 Å². The van der Waals surface area contributed by atoms with Crippen LogP contribution in [0.2, 0.25) is 25.2 Å². The van der Waals surface area contributed by atoms with E-state index in [1.54, 1.807) is 12.8 Å². The summed E-state index contributed by atoms with van der Waals surface area (Å²) < 4.78 is 5.75. The van der Waals surface area contributed by atoms with Gasteiger partial charge in [0.05, 0.1) is 12.2 Å². The van der Waals surface area contributed by atoms with Crippen LogP contribution in [0.1, 0.15) is 19.3 Å². The van der Waals surface area contributed by atoms with E-state index in [0.717, 1.165) is 35.3 Å². The smallest absolute Gasteiger partial charge is 0.0875 e. The summed E-state index contributed by atoms with van der Waals surface area (Å²) in [5.74, 6) is 4.27. The summed E-state index contributed by atoms with van der Waals surface area (Å²) >= 11 is 0. The molecule has 4 rings (SSSR count). The Bertz CT molecular complexity index is 308. The van der Waals surface area contributed by atoms with Crippen LogP contribution in [0, 0.1) is 23.7 Å². The molecule has 0 aromatic rings. The summed E-state index contributed by atoms with van der Waals surface area (Å²) in [6.45, 7) is 7.75. The molecule has 1 heterocycles. The molecule has 1 aliphatic heterocycles. The first kappa shape index (κ1) is 9.23. The molecular formula is C13H22OSi. The zero-order valence-corrected chi connectivity index (χ0v) is 11.1. The van der Waals surface area contributed by atoms with E-state index < -0.39 is 8.07 Å². The van der Waals surface area contributed by atoms with Gasteiger partial charge in [0.15, 0.2) is 0 Å². The van der Waals surface area contributed by atoms with Gasteiger partial charge in [-0.05, 0) is 48.5 Å². The van der Waals surface area contributed by atoms with Gasteiger partial charge in [-0.2, -0.15) is 0 Å². The molecule has 7 unspecified atom stereocenters. The van der Waals surface area contributed by atoms with Gasteiger partial charge in [-0.15, -0.1) is 0 Å². The lowest BCUT2D eigenvalue weighted by Crippen LogP contribution is -2.37. The monoisotopic (exact) mass is 222 g/mol. The van der Waals surface area contributed by atoms with Crippen LogP contribution < -0.4 is 0 Å². The highest BCUT2D eigenvalue weighted by molar-refractivity contribution is 6.77. The highest BCUT2D eigenvalue weighted by Crippen LogP contribution is 2.68. The van der Waals surface area contributed by atoms with Crippen molar-refractivity contribution >= 4 is 8.07 Å². The van der Waals surface area contributed by atoms with Crippen molar-refractivity contribution in [2.75, 3.05) is 0 Å². The number of ether oxygens (including phenoxy) is 1. The molecule has 0 radical (unpaired) electrons. The molecule has 0 aromatic heterocycles. The maximum Gasteiger partial charge on any atom is 0.0875 e. The predicted molar refractivity (Wildman–Crippen MR) is 63.6 cm³/mol. The first-order chi connectivity index (χ1) is 7.05. The third-order valence-corrected chi connectivity index (χ3v) is 8.74. The first-order valence-corrected chi connectivity index (χ1v) is 10.3. The van der Waals surface area contributed by atoms with Crippen molar-refractivity contribution in [1.29, 1.82) is 0 Å². The predicted octanol–water partition coefficient (Wildman–Crippen LogP) is 3.14. The molecule has 15 heavy (non-hydrogen) atoms. The van der Waals surface area contributed by atoms with Crippen molar-refractivity contribution in [2.24, 2.45) is 23.7 Å². The Morgan fingerprint density at radius 3 is 2.53 bits per heavy atom. The molecule has 3 saturated carbocycles. The Labute approximate surface area is 93.6 Å². The second kappa shape index (κ2) is 2.53. The Hall–Kier alpha value is 0.177. The van der Waals surface area contributed by atoms with Gasteiger partial charge in [0.1, 0.15) is 0 Å². The molecule has 4 aliphatic rings. The van der Waals surface area contributed by atoms with Gasteiger partial charge >= 0.3 is 0 Å². The van der Waals surface area contributed by atoms with E-state index in [9.17, 15) is 0 Å². The molecule has 2 heteroatoms. The van der Waals surface area contributed by atoms with Crippen LogP contribution in [0.15, 0.2) is 0 Å². The topological polar surface area (TPSA) is 12.5 Å². The Balaban J connectivity index is 1.63. The van der Waals surface area contributed by atoms with Crippen molar-refractivity contribution in [3.63, 3.8) is 0 Å². The van der Waals surface area contributed by atoms with Gasteiger partial charge < -0.3 is 4.74 Å². The quantitative estimate of drug-likeness (QED) is 0.490. The zero-order chi connectivity index (χ0) is 10.4. The van der Waals surface area contributed by atoms with Gasteiger partial charge in [-0.3, -0.25) is 0 Å². The maximum atomic E-state index is 5.75. The van der Waals surface area contributed by atoms with E-state index in [2.05, 4.69) is 19.6 Å². The fourth-order valence-electron chi connectivity index (χ4n) is 5.33. The lowest BCUT2D eigenvalue weighted by atomic mass is 9.80. The minimum Gasteiger partial charge on any atom is -0.369 e. The van der Waals surface area contributed by atoms with E-state index in [1.165, 1.54) is 6.42 Å². The molecular weight excluding hydrogens is 200 g/mol. The maximum absolute atomic E-state index is 5.75. The Morgan fingerprint density at radius 2 is 1.80 bits per heavy atom. The van der Waals surface area contributed by atoms with Crippen molar-refractivity contribution in [2.45, 2.75) is 56.7 Å². The summed E-state index contributed by atoms with van der Waals surface area (Å²) in [7, 11) is -0.886. The molecule has 84 valence electrons. The minimum atomic E-state index is -0.886. The van der Waals surface area contributed by atoms with Crippen molar-refractivity contribution in [1.82, 2.24) is 0 Å². The number of hydrogen-bond donors (Lipinski definition) is 0. The Morgan fingerprint density at radius 1 is 1.00 bits per heavy atom. The summed E-state index contributed by atoms with van der Waals surface area (Å²) in [6.07, 6.45) is 6.00.